The molecule has 0 aliphatic heterocycles. The van der Waals surface area contributed by atoms with E-state index in [0.717, 1.165) is 5.56 Å². The van der Waals surface area contributed by atoms with Gasteiger partial charge in [0.05, 0.1) is 11.4 Å². The quantitative estimate of drug-likeness (QED) is 0.722. The first-order chi connectivity index (χ1) is 11.3. The number of nitrogens with one attached hydrogen (secondary N) is 2. The summed E-state index contributed by atoms with van der Waals surface area (Å²) in [7, 11) is -3.84. The molecule has 0 aliphatic rings. The fourth-order valence-corrected chi connectivity index (χ4v) is 3.09. The van der Waals surface area contributed by atoms with Gasteiger partial charge in [-0.25, -0.2) is 8.42 Å². The lowest BCUT2D eigenvalue weighted by atomic mass is 10.2. The second-order valence-electron chi connectivity index (χ2n) is 5.15. The summed E-state index contributed by atoms with van der Waals surface area (Å²) in [4.78, 5) is 22.5. The largest absolute Gasteiger partial charge is 0.368 e. The normalized spacial score (nSPS) is 10.9. The molecule has 126 valence electrons. The van der Waals surface area contributed by atoms with Gasteiger partial charge in [0.1, 0.15) is 0 Å². The van der Waals surface area contributed by atoms with E-state index in [2.05, 4.69) is 10.0 Å². The summed E-state index contributed by atoms with van der Waals surface area (Å²) in [5.74, 6) is -1.27. The van der Waals surface area contributed by atoms with Crippen molar-refractivity contribution in [3.05, 3.63) is 59.7 Å². The number of rotatable bonds is 6. The molecule has 0 saturated heterocycles. The maximum atomic E-state index is 12.4. The van der Waals surface area contributed by atoms with E-state index in [4.69, 9.17) is 5.73 Å². The molecule has 24 heavy (non-hydrogen) atoms. The molecule has 0 unspecified atom stereocenters. The molecule has 0 spiro atoms. The second-order valence-corrected chi connectivity index (χ2v) is 6.83. The Hall–Kier alpha value is -2.87. The lowest BCUT2D eigenvalue weighted by molar-refractivity contribution is -0.117. The number of hydrogen-bond donors (Lipinski definition) is 3. The van der Waals surface area contributed by atoms with E-state index in [1.54, 1.807) is 18.2 Å². The summed E-state index contributed by atoms with van der Waals surface area (Å²) in [5, 5.41) is 2.31. The molecule has 0 saturated carbocycles. The molecule has 0 radical (unpaired) electrons. The highest BCUT2D eigenvalue weighted by atomic mass is 32.2. The molecule has 0 aromatic heterocycles. The molecular weight excluding hydrogens is 330 g/mol. The zero-order valence-electron chi connectivity index (χ0n) is 12.9. The lowest BCUT2D eigenvalue weighted by Gasteiger charge is -2.10. The van der Waals surface area contributed by atoms with Crippen LogP contribution in [0.2, 0.25) is 0 Å². The number of primary amides is 1. The zero-order chi connectivity index (χ0) is 17.7. The number of sulfonamides is 1. The van der Waals surface area contributed by atoms with Crippen molar-refractivity contribution in [1.82, 2.24) is 5.32 Å². The van der Waals surface area contributed by atoms with E-state index in [0.29, 0.717) is 5.69 Å². The van der Waals surface area contributed by atoms with Crippen LogP contribution in [0.3, 0.4) is 0 Å². The number of anilines is 1. The highest BCUT2D eigenvalue weighted by molar-refractivity contribution is 7.92. The summed E-state index contributed by atoms with van der Waals surface area (Å²) in [5.41, 5.74) is 6.41. The fourth-order valence-electron chi connectivity index (χ4n) is 2.00. The number of aryl methyl sites for hydroxylation is 1. The molecular formula is C16H17N3O4S. The minimum atomic E-state index is -3.84. The smallest absolute Gasteiger partial charge is 0.261 e. The van der Waals surface area contributed by atoms with Crippen LogP contribution in [0.1, 0.15) is 15.9 Å². The van der Waals surface area contributed by atoms with Gasteiger partial charge in [-0.2, -0.15) is 0 Å². The van der Waals surface area contributed by atoms with Gasteiger partial charge in [-0.15, -0.1) is 0 Å². The van der Waals surface area contributed by atoms with Crippen LogP contribution >= 0.6 is 0 Å². The Morgan fingerprint density at radius 2 is 1.79 bits per heavy atom. The maximum absolute atomic E-state index is 12.4. The van der Waals surface area contributed by atoms with Crippen molar-refractivity contribution in [2.24, 2.45) is 5.73 Å². The Balaban J connectivity index is 2.23. The van der Waals surface area contributed by atoms with Crippen molar-refractivity contribution in [3.63, 3.8) is 0 Å². The monoisotopic (exact) mass is 347 g/mol. The zero-order valence-corrected chi connectivity index (χ0v) is 13.8. The number of hydrogen-bond acceptors (Lipinski definition) is 4. The van der Waals surface area contributed by atoms with Gasteiger partial charge < -0.3 is 11.1 Å². The number of carbonyl (C=O) groups is 2. The third-order valence-electron chi connectivity index (χ3n) is 3.10. The molecule has 2 rings (SSSR count). The van der Waals surface area contributed by atoms with Crippen molar-refractivity contribution in [3.8, 4) is 0 Å². The van der Waals surface area contributed by atoms with Crippen LogP contribution in [-0.4, -0.2) is 26.8 Å². The molecule has 8 heteroatoms. The average Bonchev–Trinajstić information content (AvgIpc) is 2.52. The molecule has 0 bridgehead atoms. The molecule has 7 nitrogen and oxygen atoms in total. The van der Waals surface area contributed by atoms with E-state index in [1.807, 2.05) is 13.0 Å². The Morgan fingerprint density at radius 1 is 1.08 bits per heavy atom. The van der Waals surface area contributed by atoms with Crippen LogP contribution < -0.4 is 15.8 Å². The number of nitrogens with two attached hydrogens (primary N) is 1. The molecule has 0 aliphatic carbocycles. The highest BCUT2D eigenvalue weighted by Crippen LogP contribution is 2.18. The van der Waals surface area contributed by atoms with Gasteiger partial charge in [0.2, 0.25) is 5.91 Å². The summed E-state index contributed by atoms with van der Waals surface area (Å²) in [6.45, 7) is 1.53. The summed E-state index contributed by atoms with van der Waals surface area (Å²) >= 11 is 0. The molecule has 2 amide bonds. The predicted molar refractivity (Wildman–Crippen MR) is 90.0 cm³/mol. The standard InChI is InChI=1S/C16H17N3O4S/c1-11-4-2-6-13(8-11)19-24(22,23)14-7-3-5-12(9-14)16(21)18-10-15(17)20/h2-9,19H,10H2,1H3,(H2,17,20)(H,18,21). The third kappa shape index (κ3) is 4.56. The van der Waals surface area contributed by atoms with Crippen LogP contribution in [0, 0.1) is 6.92 Å². The van der Waals surface area contributed by atoms with Crippen molar-refractivity contribution in [2.75, 3.05) is 11.3 Å². The molecule has 4 N–H and O–H groups in total. The van der Waals surface area contributed by atoms with E-state index in [9.17, 15) is 18.0 Å². The minimum absolute atomic E-state index is 0.0595. The summed E-state index contributed by atoms with van der Waals surface area (Å²) in [6.07, 6.45) is 0. The molecule has 0 heterocycles. The summed E-state index contributed by atoms with van der Waals surface area (Å²) in [6, 6.07) is 12.4. The second kappa shape index (κ2) is 7.14. The first-order valence-corrected chi connectivity index (χ1v) is 8.52. The van der Waals surface area contributed by atoms with Gasteiger partial charge in [0.15, 0.2) is 0 Å². The van der Waals surface area contributed by atoms with Gasteiger partial charge in [-0.3, -0.25) is 14.3 Å². The van der Waals surface area contributed by atoms with Crippen molar-refractivity contribution >= 4 is 27.5 Å². The molecule has 0 atom stereocenters. The van der Waals surface area contributed by atoms with Crippen LogP contribution in [-0.2, 0) is 14.8 Å². The highest BCUT2D eigenvalue weighted by Gasteiger charge is 2.16. The average molecular weight is 347 g/mol. The van der Waals surface area contributed by atoms with Gasteiger partial charge in [-0.1, -0.05) is 18.2 Å². The maximum Gasteiger partial charge on any atom is 0.261 e. The molecule has 2 aromatic carbocycles. The molecule has 0 fully saturated rings. The predicted octanol–water partition coefficient (Wildman–Crippen LogP) is 1.01. The van der Waals surface area contributed by atoms with Crippen molar-refractivity contribution < 1.29 is 18.0 Å². The van der Waals surface area contributed by atoms with Gasteiger partial charge in [0, 0.05) is 11.3 Å². The van der Waals surface area contributed by atoms with Crippen LogP contribution in [0.4, 0.5) is 5.69 Å². The topological polar surface area (TPSA) is 118 Å². The number of carbonyl (C=O) groups excluding carboxylic acids is 2. The minimum Gasteiger partial charge on any atom is -0.368 e. The first kappa shape index (κ1) is 17.5. The van der Waals surface area contributed by atoms with Gasteiger partial charge >= 0.3 is 0 Å². The lowest BCUT2D eigenvalue weighted by Crippen LogP contribution is -2.33. The third-order valence-corrected chi connectivity index (χ3v) is 4.48. The number of benzene rings is 2. The fraction of sp³-hybridized carbons (Fsp3) is 0.125. The SMILES string of the molecule is Cc1cccc(NS(=O)(=O)c2cccc(C(=O)NCC(N)=O)c2)c1. The van der Waals surface area contributed by atoms with Crippen molar-refractivity contribution in [1.29, 1.82) is 0 Å². The molecule has 2 aromatic rings. The number of amides is 2. The van der Waals surface area contributed by atoms with E-state index in [-0.39, 0.29) is 17.0 Å². The van der Waals surface area contributed by atoms with E-state index in [1.165, 1.54) is 24.3 Å². The first-order valence-electron chi connectivity index (χ1n) is 7.04. The Morgan fingerprint density at radius 3 is 2.46 bits per heavy atom. The van der Waals surface area contributed by atoms with Gasteiger partial charge in [-0.05, 0) is 42.8 Å². The summed E-state index contributed by atoms with van der Waals surface area (Å²) < 4.78 is 27.3. The Kier molecular flexibility index (Phi) is 5.20. The Bertz CT molecular complexity index is 878. The van der Waals surface area contributed by atoms with Crippen LogP contribution in [0.5, 0.6) is 0 Å². The van der Waals surface area contributed by atoms with Crippen molar-refractivity contribution in [2.45, 2.75) is 11.8 Å². The van der Waals surface area contributed by atoms with E-state index >= 15 is 0 Å². The van der Waals surface area contributed by atoms with E-state index < -0.39 is 21.8 Å². The Labute approximate surface area is 139 Å². The van der Waals surface area contributed by atoms with Gasteiger partial charge in [0.25, 0.3) is 15.9 Å². The van der Waals surface area contributed by atoms with Crippen LogP contribution in [0.15, 0.2) is 53.4 Å². The van der Waals surface area contributed by atoms with Crippen LogP contribution in [0.25, 0.3) is 0 Å².